The molecule has 0 spiro atoms. The molecule has 1 atom stereocenters. The third-order valence-corrected chi connectivity index (χ3v) is 3.72. The van der Waals surface area contributed by atoms with E-state index in [2.05, 4.69) is 0 Å². The van der Waals surface area contributed by atoms with Crippen LogP contribution in [0.2, 0.25) is 5.02 Å². The summed E-state index contributed by atoms with van der Waals surface area (Å²) in [7, 11) is 0. The lowest BCUT2D eigenvalue weighted by Gasteiger charge is -2.30. The van der Waals surface area contributed by atoms with E-state index in [9.17, 15) is 4.79 Å². The number of benzene rings is 1. The lowest BCUT2D eigenvalue weighted by Crippen LogP contribution is -2.39. The van der Waals surface area contributed by atoms with Crippen molar-refractivity contribution in [1.82, 2.24) is 4.90 Å². The number of halogens is 1. The van der Waals surface area contributed by atoms with E-state index < -0.39 is 6.09 Å². The van der Waals surface area contributed by atoms with E-state index in [1.807, 2.05) is 12.1 Å². The molecule has 98 valence electrons. The molecule has 1 aromatic carbocycles. The fraction of sp³-hybridized carbons (Fsp3) is 0.462. The Labute approximate surface area is 111 Å². The topological polar surface area (TPSA) is 66.6 Å². The molecule has 1 saturated heterocycles. The SMILES string of the molecule is Nc1cc(C[C@H]2CCCN(C(=O)O)C2)ccc1Cl. The summed E-state index contributed by atoms with van der Waals surface area (Å²) in [4.78, 5) is 12.4. The fourth-order valence-electron chi connectivity index (χ4n) is 2.46. The van der Waals surface area contributed by atoms with Crippen molar-refractivity contribution in [3.8, 4) is 0 Å². The van der Waals surface area contributed by atoms with Gasteiger partial charge in [-0.2, -0.15) is 0 Å². The number of anilines is 1. The smallest absolute Gasteiger partial charge is 0.407 e. The highest BCUT2D eigenvalue weighted by Crippen LogP contribution is 2.24. The summed E-state index contributed by atoms with van der Waals surface area (Å²) in [6, 6.07) is 5.63. The van der Waals surface area contributed by atoms with Crippen LogP contribution in [0.1, 0.15) is 18.4 Å². The van der Waals surface area contributed by atoms with Crippen LogP contribution in [0.25, 0.3) is 0 Å². The summed E-state index contributed by atoms with van der Waals surface area (Å²) in [5.74, 6) is 0.371. The average Bonchev–Trinajstić information content (AvgIpc) is 2.34. The largest absolute Gasteiger partial charge is 0.465 e. The molecule has 1 fully saturated rings. The number of hydrogen-bond donors (Lipinski definition) is 2. The van der Waals surface area contributed by atoms with Gasteiger partial charge in [0.25, 0.3) is 0 Å². The number of hydrogen-bond acceptors (Lipinski definition) is 2. The number of piperidine rings is 1. The van der Waals surface area contributed by atoms with Crippen LogP contribution < -0.4 is 5.73 Å². The predicted molar refractivity (Wildman–Crippen MR) is 71.9 cm³/mol. The van der Waals surface area contributed by atoms with E-state index in [-0.39, 0.29) is 0 Å². The van der Waals surface area contributed by atoms with Gasteiger partial charge < -0.3 is 15.7 Å². The van der Waals surface area contributed by atoms with E-state index >= 15 is 0 Å². The molecule has 1 amide bonds. The van der Waals surface area contributed by atoms with Crippen molar-refractivity contribution >= 4 is 23.4 Å². The van der Waals surface area contributed by atoms with Gasteiger partial charge in [0.2, 0.25) is 0 Å². The van der Waals surface area contributed by atoms with Crippen LogP contribution in [-0.2, 0) is 6.42 Å². The first-order valence-corrected chi connectivity index (χ1v) is 6.46. The minimum Gasteiger partial charge on any atom is -0.465 e. The molecule has 0 aliphatic carbocycles. The third-order valence-electron chi connectivity index (χ3n) is 3.37. The van der Waals surface area contributed by atoms with Crippen molar-refractivity contribution in [3.63, 3.8) is 0 Å². The van der Waals surface area contributed by atoms with Crippen molar-refractivity contribution in [2.75, 3.05) is 18.8 Å². The summed E-state index contributed by atoms with van der Waals surface area (Å²) >= 11 is 5.88. The second-order valence-electron chi connectivity index (χ2n) is 4.80. The molecule has 5 heteroatoms. The molecule has 0 bridgehead atoms. The summed E-state index contributed by atoms with van der Waals surface area (Å²) in [5.41, 5.74) is 7.47. The van der Waals surface area contributed by atoms with Gasteiger partial charge in [-0.25, -0.2) is 4.79 Å². The van der Waals surface area contributed by atoms with E-state index in [4.69, 9.17) is 22.4 Å². The monoisotopic (exact) mass is 268 g/mol. The molecule has 1 aromatic rings. The van der Waals surface area contributed by atoms with Gasteiger partial charge in [0.1, 0.15) is 0 Å². The van der Waals surface area contributed by atoms with Crippen molar-refractivity contribution in [1.29, 1.82) is 0 Å². The minimum absolute atomic E-state index is 0.371. The minimum atomic E-state index is -0.824. The van der Waals surface area contributed by atoms with E-state index in [0.29, 0.717) is 29.7 Å². The van der Waals surface area contributed by atoms with Gasteiger partial charge >= 0.3 is 6.09 Å². The lowest BCUT2D eigenvalue weighted by atomic mass is 9.91. The molecule has 0 saturated carbocycles. The van der Waals surface area contributed by atoms with Crippen LogP contribution >= 0.6 is 11.6 Å². The predicted octanol–water partition coefficient (Wildman–Crippen LogP) is 2.85. The van der Waals surface area contributed by atoms with Crippen molar-refractivity contribution in [2.45, 2.75) is 19.3 Å². The normalized spacial score (nSPS) is 19.8. The number of likely N-dealkylation sites (tertiary alicyclic amines) is 1. The molecule has 0 aromatic heterocycles. The standard InChI is InChI=1S/C13H17ClN2O2/c14-11-4-3-9(7-12(11)15)6-10-2-1-5-16(8-10)13(17)18/h3-4,7,10H,1-2,5-6,8,15H2,(H,17,18)/t10-/m1/s1. The number of rotatable bonds is 2. The van der Waals surface area contributed by atoms with Crippen LogP contribution in [0.4, 0.5) is 10.5 Å². The van der Waals surface area contributed by atoms with Crippen LogP contribution in [0.15, 0.2) is 18.2 Å². The Balaban J connectivity index is 2.00. The van der Waals surface area contributed by atoms with Crippen LogP contribution in [-0.4, -0.2) is 29.2 Å². The number of amides is 1. The van der Waals surface area contributed by atoms with Gasteiger partial charge in [-0.1, -0.05) is 17.7 Å². The molecule has 18 heavy (non-hydrogen) atoms. The first-order chi connectivity index (χ1) is 8.56. The molecule has 1 aliphatic rings. The zero-order chi connectivity index (χ0) is 13.1. The molecule has 2 rings (SSSR count). The molecular formula is C13H17ClN2O2. The third kappa shape index (κ3) is 3.07. The number of nitrogen functional groups attached to an aromatic ring is 1. The Morgan fingerprint density at radius 2 is 2.33 bits per heavy atom. The van der Waals surface area contributed by atoms with E-state index in [0.717, 1.165) is 24.8 Å². The van der Waals surface area contributed by atoms with Gasteiger partial charge in [-0.05, 0) is 42.9 Å². The maximum Gasteiger partial charge on any atom is 0.407 e. The van der Waals surface area contributed by atoms with Crippen molar-refractivity contribution < 1.29 is 9.90 Å². The quantitative estimate of drug-likeness (QED) is 0.811. The first kappa shape index (κ1) is 13.0. The van der Waals surface area contributed by atoms with Gasteiger partial charge in [0.15, 0.2) is 0 Å². The van der Waals surface area contributed by atoms with E-state index in [1.54, 1.807) is 6.07 Å². The Hall–Kier alpha value is -1.42. The van der Waals surface area contributed by atoms with Crippen LogP contribution in [0, 0.1) is 5.92 Å². The molecule has 3 N–H and O–H groups in total. The van der Waals surface area contributed by atoms with Gasteiger partial charge in [0.05, 0.1) is 10.7 Å². The lowest BCUT2D eigenvalue weighted by molar-refractivity contribution is 0.120. The Bertz CT molecular complexity index is 451. The maximum absolute atomic E-state index is 10.9. The Morgan fingerprint density at radius 1 is 1.56 bits per heavy atom. The summed E-state index contributed by atoms with van der Waals surface area (Å²) in [5, 5.41) is 9.56. The molecule has 0 unspecified atom stereocenters. The van der Waals surface area contributed by atoms with Crippen molar-refractivity contribution in [3.05, 3.63) is 28.8 Å². The molecule has 1 aliphatic heterocycles. The van der Waals surface area contributed by atoms with Gasteiger partial charge in [-0.15, -0.1) is 0 Å². The highest BCUT2D eigenvalue weighted by molar-refractivity contribution is 6.33. The molecular weight excluding hydrogens is 252 g/mol. The first-order valence-electron chi connectivity index (χ1n) is 6.08. The number of nitrogens with zero attached hydrogens (tertiary/aromatic N) is 1. The zero-order valence-electron chi connectivity index (χ0n) is 10.1. The van der Waals surface area contributed by atoms with Gasteiger partial charge in [0, 0.05) is 13.1 Å². The summed E-state index contributed by atoms with van der Waals surface area (Å²) in [6.07, 6.45) is 2.02. The molecule has 1 heterocycles. The summed E-state index contributed by atoms with van der Waals surface area (Å²) in [6.45, 7) is 1.26. The van der Waals surface area contributed by atoms with Crippen molar-refractivity contribution in [2.24, 2.45) is 5.92 Å². The summed E-state index contributed by atoms with van der Waals surface area (Å²) < 4.78 is 0. The number of nitrogens with two attached hydrogens (primary N) is 1. The van der Waals surface area contributed by atoms with Gasteiger partial charge in [-0.3, -0.25) is 0 Å². The second kappa shape index (κ2) is 5.48. The Morgan fingerprint density at radius 3 is 3.00 bits per heavy atom. The second-order valence-corrected chi connectivity index (χ2v) is 5.20. The zero-order valence-corrected chi connectivity index (χ0v) is 10.9. The fourth-order valence-corrected chi connectivity index (χ4v) is 2.58. The Kier molecular flexibility index (Phi) is 3.97. The maximum atomic E-state index is 10.9. The molecule has 0 radical (unpaired) electrons. The van der Waals surface area contributed by atoms with Crippen LogP contribution in [0.5, 0.6) is 0 Å². The highest BCUT2D eigenvalue weighted by Gasteiger charge is 2.23. The average molecular weight is 269 g/mol. The number of carboxylic acid groups (broad SMARTS) is 1. The number of carbonyl (C=O) groups is 1. The van der Waals surface area contributed by atoms with Crippen LogP contribution in [0.3, 0.4) is 0 Å². The highest BCUT2D eigenvalue weighted by atomic mass is 35.5. The molecule has 4 nitrogen and oxygen atoms in total. The van der Waals surface area contributed by atoms with E-state index in [1.165, 1.54) is 4.90 Å².